The molecule has 0 saturated carbocycles. The summed E-state index contributed by atoms with van der Waals surface area (Å²) in [7, 11) is 0. The second-order valence-corrected chi connectivity index (χ2v) is 4.97. The molecule has 0 aliphatic carbocycles. The van der Waals surface area contributed by atoms with Gasteiger partial charge < -0.3 is 10.1 Å². The van der Waals surface area contributed by atoms with Gasteiger partial charge in [-0.05, 0) is 37.1 Å². The molecular formula is C14H15ClN2O. The Labute approximate surface area is 111 Å². The van der Waals surface area contributed by atoms with Gasteiger partial charge >= 0.3 is 0 Å². The summed E-state index contributed by atoms with van der Waals surface area (Å²) in [6.07, 6.45) is 4.44. The van der Waals surface area contributed by atoms with E-state index >= 15 is 0 Å². The van der Waals surface area contributed by atoms with E-state index in [1.165, 1.54) is 0 Å². The molecular weight excluding hydrogens is 248 g/mol. The maximum absolute atomic E-state index is 6.04. The van der Waals surface area contributed by atoms with Crippen LogP contribution in [0.4, 0.5) is 5.69 Å². The number of halogens is 1. The van der Waals surface area contributed by atoms with E-state index in [0.29, 0.717) is 6.10 Å². The van der Waals surface area contributed by atoms with Crippen molar-refractivity contribution in [3.05, 3.63) is 35.5 Å². The highest BCUT2D eigenvalue weighted by molar-refractivity contribution is 6.31. The first-order valence-electron chi connectivity index (χ1n) is 6.23. The summed E-state index contributed by atoms with van der Waals surface area (Å²) in [6.45, 7) is 1.72. The van der Waals surface area contributed by atoms with Crippen LogP contribution < -0.4 is 5.32 Å². The van der Waals surface area contributed by atoms with Gasteiger partial charge in [0.25, 0.3) is 0 Å². The number of pyridine rings is 1. The molecule has 1 aromatic carbocycles. The van der Waals surface area contributed by atoms with Crippen molar-refractivity contribution in [2.75, 3.05) is 18.5 Å². The van der Waals surface area contributed by atoms with Crippen LogP contribution in [0.3, 0.4) is 0 Å². The minimum atomic E-state index is 0.326. The molecule has 1 saturated heterocycles. The lowest BCUT2D eigenvalue weighted by Crippen LogP contribution is -2.18. The Kier molecular flexibility index (Phi) is 3.35. The lowest BCUT2D eigenvalue weighted by molar-refractivity contribution is 0.120. The van der Waals surface area contributed by atoms with Gasteiger partial charge in [-0.15, -0.1) is 0 Å². The van der Waals surface area contributed by atoms with Gasteiger partial charge in [-0.3, -0.25) is 4.98 Å². The zero-order valence-electron chi connectivity index (χ0n) is 10.0. The Bertz CT molecular complexity index is 552. The molecule has 0 radical (unpaired) electrons. The van der Waals surface area contributed by atoms with Gasteiger partial charge in [0.2, 0.25) is 0 Å². The maximum Gasteiger partial charge on any atom is 0.0748 e. The summed E-state index contributed by atoms with van der Waals surface area (Å²) < 4.78 is 5.61. The van der Waals surface area contributed by atoms with Crippen LogP contribution in [0.15, 0.2) is 30.5 Å². The predicted molar refractivity (Wildman–Crippen MR) is 74.2 cm³/mol. The second-order valence-electron chi connectivity index (χ2n) is 4.54. The summed E-state index contributed by atoms with van der Waals surface area (Å²) in [5.41, 5.74) is 2.02. The third kappa shape index (κ3) is 2.42. The SMILES string of the molecule is Clc1ccc2nccc(NCC3CCCO3)c2c1. The highest BCUT2D eigenvalue weighted by Gasteiger charge is 2.15. The van der Waals surface area contributed by atoms with Crippen molar-refractivity contribution >= 4 is 28.2 Å². The maximum atomic E-state index is 6.04. The van der Waals surface area contributed by atoms with Gasteiger partial charge in [0, 0.05) is 35.4 Å². The third-order valence-electron chi connectivity index (χ3n) is 3.25. The molecule has 4 heteroatoms. The van der Waals surface area contributed by atoms with E-state index in [1.54, 1.807) is 0 Å². The molecule has 1 aliphatic heterocycles. The number of anilines is 1. The van der Waals surface area contributed by atoms with Crippen molar-refractivity contribution in [2.24, 2.45) is 0 Å². The Morgan fingerprint density at radius 2 is 2.33 bits per heavy atom. The highest BCUT2D eigenvalue weighted by Crippen LogP contribution is 2.25. The molecule has 0 bridgehead atoms. The number of nitrogens with one attached hydrogen (secondary N) is 1. The Hall–Kier alpha value is -1.32. The number of fused-ring (bicyclic) bond motifs is 1. The van der Waals surface area contributed by atoms with Crippen LogP contribution in [-0.2, 0) is 4.74 Å². The van der Waals surface area contributed by atoms with Gasteiger partial charge in [-0.2, -0.15) is 0 Å². The van der Waals surface area contributed by atoms with Crippen molar-refractivity contribution in [2.45, 2.75) is 18.9 Å². The lowest BCUT2D eigenvalue weighted by atomic mass is 10.1. The predicted octanol–water partition coefficient (Wildman–Crippen LogP) is 3.48. The van der Waals surface area contributed by atoms with Gasteiger partial charge in [0.1, 0.15) is 0 Å². The first-order chi connectivity index (χ1) is 8.83. The van der Waals surface area contributed by atoms with Crippen molar-refractivity contribution in [1.29, 1.82) is 0 Å². The number of hydrogen-bond acceptors (Lipinski definition) is 3. The third-order valence-corrected chi connectivity index (χ3v) is 3.48. The number of hydrogen-bond donors (Lipinski definition) is 1. The molecule has 3 rings (SSSR count). The van der Waals surface area contributed by atoms with Crippen molar-refractivity contribution in [3.8, 4) is 0 Å². The smallest absolute Gasteiger partial charge is 0.0748 e. The van der Waals surface area contributed by atoms with Gasteiger partial charge in [0.15, 0.2) is 0 Å². The van der Waals surface area contributed by atoms with Crippen LogP contribution in [0.5, 0.6) is 0 Å². The summed E-state index contributed by atoms with van der Waals surface area (Å²) in [4.78, 5) is 4.33. The largest absolute Gasteiger partial charge is 0.382 e. The van der Waals surface area contributed by atoms with Crippen LogP contribution in [0.25, 0.3) is 10.9 Å². The summed E-state index contributed by atoms with van der Waals surface area (Å²) in [6, 6.07) is 7.73. The standard InChI is InChI=1S/C14H15ClN2O/c15-10-3-4-13-12(8-10)14(5-6-16-13)17-9-11-2-1-7-18-11/h3-6,8,11H,1-2,7,9H2,(H,16,17). The summed E-state index contributed by atoms with van der Waals surface area (Å²) in [5.74, 6) is 0. The normalized spacial score (nSPS) is 19.3. The topological polar surface area (TPSA) is 34.2 Å². The Morgan fingerprint density at radius 1 is 1.39 bits per heavy atom. The first-order valence-corrected chi connectivity index (χ1v) is 6.60. The number of rotatable bonds is 3. The molecule has 18 heavy (non-hydrogen) atoms. The average molecular weight is 263 g/mol. The van der Waals surface area contributed by atoms with E-state index in [1.807, 2.05) is 30.5 Å². The number of benzene rings is 1. The minimum Gasteiger partial charge on any atom is -0.382 e. The molecule has 1 unspecified atom stereocenters. The fourth-order valence-corrected chi connectivity index (χ4v) is 2.47. The molecule has 1 atom stereocenters. The van der Waals surface area contributed by atoms with E-state index in [9.17, 15) is 0 Å². The van der Waals surface area contributed by atoms with Crippen molar-refractivity contribution in [1.82, 2.24) is 4.98 Å². The summed E-state index contributed by atoms with van der Waals surface area (Å²) in [5, 5.41) is 5.22. The van der Waals surface area contributed by atoms with Crippen LogP contribution in [0.2, 0.25) is 5.02 Å². The second kappa shape index (κ2) is 5.12. The molecule has 2 heterocycles. The summed E-state index contributed by atoms with van der Waals surface area (Å²) >= 11 is 6.04. The Morgan fingerprint density at radius 3 is 3.17 bits per heavy atom. The van der Waals surface area contributed by atoms with Crippen LogP contribution >= 0.6 is 11.6 Å². The van der Waals surface area contributed by atoms with Gasteiger partial charge in [-0.25, -0.2) is 0 Å². The van der Waals surface area contributed by atoms with Crippen molar-refractivity contribution < 1.29 is 4.74 Å². The number of nitrogens with zero attached hydrogens (tertiary/aromatic N) is 1. The average Bonchev–Trinajstić information content (AvgIpc) is 2.89. The molecule has 1 aromatic heterocycles. The quantitative estimate of drug-likeness (QED) is 0.920. The molecule has 0 amide bonds. The first kappa shape index (κ1) is 11.8. The zero-order chi connectivity index (χ0) is 12.4. The van der Waals surface area contributed by atoms with Gasteiger partial charge in [-0.1, -0.05) is 11.6 Å². The van der Waals surface area contributed by atoms with E-state index in [-0.39, 0.29) is 0 Å². The molecule has 1 fully saturated rings. The molecule has 2 aromatic rings. The number of ether oxygens (including phenoxy) is 1. The minimum absolute atomic E-state index is 0.326. The van der Waals surface area contributed by atoms with E-state index in [2.05, 4.69) is 10.3 Å². The van der Waals surface area contributed by atoms with Crippen LogP contribution in [0.1, 0.15) is 12.8 Å². The molecule has 1 N–H and O–H groups in total. The number of aromatic nitrogens is 1. The molecule has 3 nitrogen and oxygen atoms in total. The van der Waals surface area contributed by atoms with E-state index in [0.717, 1.165) is 47.6 Å². The molecule has 0 spiro atoms. The highest BCUT2D eigenvalue weighted by atomic mass is 35.5. The fraction of sp³-hybridized carbons (Fsp3) is 0.357. The fourth-order valence-electron chi connectivity index (χ4n) is 2.30. The molecule has 94 valence electrons. The lowest BCUT2D eigenvalue weighted by Gasteiger charge is -2.13. The zero-order valence-corrected chi connectivity index (χ0v) is 10.8. The van der Waals surface area contributed by atoms with Crippen LogP contribution in [0, 0.1) is 0 Å². The van der Waals surface area contributed by atoms with E-state index < -0.39 is 0 Å². The molecule has 1 aliphatic rings. The van der Waals surface area contributed by atoms with E-state index in [4.69, 9.17) is 16.3 Å². The van der Waals surface area contributed by atoms with Crippen molar-refractivity contribution in [3.63, 3.8) is 0 Å². The van der Waals surface area contributed by atoms with Gasteiger partial charge in [0.05, 0.1) is 11.6 Å². The Balaban J connectivity index is 1.84. The van der Waals surface area contributed by atoms with Crippen LogP contribution in [-0.4, -0.2) is 24.2 Å². The monoisotopic (exact) mass is 262 g/mol.